The third kappa shape index (κ3) is 3.69. The molecule has 2 rings (SSSR count). The molecule has 1 aromatic carbocycles. The van der Waals surface area contributed by atoms with Crippen molar-refractivity contribution < 1.29 is 14.6 Å². The van der Waals surface area contributed by atoms with E-state index in [0.717, 1.165) is 18.7 Å². The summed E-state index contributed by atoms with van der Waals surface area (Å²) in [5.41, 5.74) is 1.22. The van der Waals surface area contributed by atoms with Gasteiger partial charge < -0.3 is 19.9 Å². The molecule has 0 spiro atoms. The van der Waals surface area contributed by atoms with Gasteiger partial charge in [-0.3, -0.25) is 0 Å². The van der Waals surface area contributed by atoms with Crippen LogP contribution in [0.25, 0.3) is 0 Å². The van der Waals surface area contributed by atoms with Crippen LogP contribution in [0.5, 0.6) is 5.75 Å². The normalized spacial score (nSPS) is 18.7. The van der Waals surface area contributed by atoms with Crippen LogP contribution in [0.15, 0.2) is 24.3 Å². The molecule has 2 N–H and O–H groups in total. The first-order valence-corrected chi connectivity index (χ1v) is 6.72. The molecule has 1 aromatic rings. The predicted octanol–water partition coefficient (Wildman–Crippen LogP) is 1.22. The van der Waals surface area contributed by atoms with Gasteiger partial charge in [-0.05, 0) is 31.0 Å². The Hall–Kier alpha value is -1.10. The van der Waals surface area contributed by atoms with Gasteiger partial charge in [-0.1, -0.05) is 12.1 Å². The van der Waals surface area contributed by atoms with Crippen molar-refractivity contribution in [1.29, 1.82) is 0 Å². The lowest BCUT2D eigenvalue weighted by atomic mass is 9.86. The summed E-state index contributed by atoms with van der Waals surface area (Å²) in [6, 6.07) is 8.52. The lowest BCUT2D eigenvalue weighted by Crippen LogP contribution is -2.53. The van der Waals surface area contributed by atoms with Gasteiger partial charge in [0.25, 0.3) is 0 Å². The second kappa shape index (κ2) is 6.37. The fourth-order valence-corrected chi connectivity index (χ4v) is 2.22. The van der Waals surface area contributed by atoms with E-state index in [2.05, 4.69) is 24.4 Å². The van der Waals surface area contributed by atoms with Crippen molar-refractivity contribution in [1.82, 2.24) is 5.32 Å². The van der Waals surface area contributed by atoms with Crippen LogP contribution in [-0.2, 0) is 11.2 Å². The highest BCUT2D eigenvalue weighted by atomic mass is 16.5. The summed E-state index contributed by atoms with van der Waals surface area (Å²) in [6.07, 6.45) is 0.965. The number of benzene rings is 1. The molecule has 0 amide bonds. The Morgan fingerprint density at radius 1 is 1.37 bits per heavy atom. The summed E-state index contributed by atoms with van der Waals surface area (Å²) >= 11 is 0. The molecule has 1 aliphatic heterocycles. The first-order chi connectivity index (χ1) is 9.17. The van der Waals surface area contributed by atoms with Crippen molar-refractivity contribution in [3.05, 3.63) is 29.8 Å². The van der Waals surface area contributed by atoms with Crippen LogP contribution in [0.1, 0.15) is 12.5 Å². The van der Waals surface area contributed by atoms with Gasteiger partial charge in [0.15, 0.2) is 0 Å². The van der Waals surface area contributed by atoms with E-state index in [9.17, 15) is 5.11 Å². The zero-order chi connectivity index (χ0) is 13.7. The van der Waals surface area contributed by atoms with Crippen molar-refractivity contribution in [3.8, 4) is 5.75 Å². The Kier molecular flexibility index (Phi) is 4.80. The van der Waals surface area contributed by atoms with Crippen LogP contribution in [0.3, 0.4) is 0 Å². The molecule has 4 nitrogen and oxygen atoms in total. The van der Waals surface area contributed by atoms with Gasteiger partial charge in [-0.25, -0.2) is 0 Å². The third-order valence-electron chi connectivity index (χ3n) is 3.68. The monoisotopic (exact) mass is 265 g/mol. The average molecular weight is 265 g/mol. The lowest BCUT2D eigenvalue weighted by Gasteiger charge is -2.40. The second-order valence-corrected chi connectivity index (χ2v) is 5.49. The molecule has 19 heavy (non-hydrogen) atoms. The van der Waals surface area contributed by atoms with Crippen molar-refractivity contribution in [2.75, 3.05) is 33.5 Å². The van der Waals surface area contributed by atoms with Crippen LogP contribution in [0.2, 0.25) is 0 Å². The Bertz CT molecular complexity index is 381. The Balaban J connectivity index is 1.78. The van der Waals surface area contributed by atoms with Crippen LogP contribution in [0.4, 0.5) is 0 Å². The van der Waals surface area contributed by atoms with Crippen molar-refractivity contribution in [2.24, 2.45) is 5.41 Å². The minimum Gasteiger partial charge on any atom is -0.497 e. The summed E-state index contributed by atoms with van der Waals surface area (Å²) < 4.78 is 10.3. The first-order valence-electron chi connectivity index (χ1n) is 6.72. The highest BCUT2D eigenvalue weighted by molar-refractivity contribution is 5.27. The second-order valence-electron chi connectivity index (χ2n) is 5.49. The van der Waals surface area contributed by atoms with Gasteiger partial charge >= 0.3 is 0 Å². The Labute approximate surface area is 114 Å². The van der Waals surface area contributed by atoms with Crippen molar-refractivity contribution in [3.63, 3.8) is 0 Å². The first kappa shape index (κ1) is 14.3. The van der Waals surface area contributed by atoms with Gasteiger partial charge in [-0.2, -0.15) is 0 Å². The summed E-state index contributed by atoms with van der Waals surface area (Å²) in [7, 11) is 1.67. The summed E-state index contributed by atoms with van der Waals surface area (Å²) in [5.74, 6) is 0.884. The number of hydrogen-bond donors (Lipinski definition) is 2. The van der Waals surface area contributed by atoms with Crippen LogP contribution in [0, 0.1) is 5.41 Å². The summed E-state index contributed by atoms with van der Waals surface area (Å²) in [5, 5.41) is 12.8. The van der Waals surface area contributed by atoms with Crippen LogP contribution < -0.4 is 10.1 Å². The van der Waals surface area contributed by atoms with E-state index in [0.29, 0.717) is 19.3 Å². The maximum Gasteiger partial charge on any atom is 0.118 e. The van der Waals surface area contributed by atoms with E-state index in [1.807, 2.05) is 12.1 Å². The van der Waals surface area contributed by atoms with Gasteiger partial charge in [-0.15, -0.1) is 0 Å². The van der Waals surface area contributed by atoms with Crippen LogP contribution >= 0.6 is 0 Å². The molecule has 106 valence electrons. The average Bonchev–Trinajstić information content (AvgIpc) is 2.39. The molecule has 1 fully saturated rings. The molecule has 0 radical (unpaired) electrons. The molecule has 1 saturated heterocycles. The molecule has 1 unspecified atom stereocenters. The van der Waals surface area contributed by atoms with Crippen LogP contribution in [-0.4, -0.2) is 44.6 Å². The number of rotatable bonds is 7. The molecule has 0 saturated carbocycles. The Morgan fingerprint density at radius 3 is 2.53 bits per heavy atom. The van der Waals surface area contributed by atoms with E-state index in [1.54, 1.807) is 7.11 Å². The van der Waals surface area contributed by atoms with E-state index < -0.39 is 0 Å². The van der Waals surface area contributed by atoms with Gasteiger partial charge in [0.05, 0.1) is 32.3 Å². The highest BCUT2D eigenvalue weighted by Crippen LogP contribution is 2.25. The van der Waals surface area contributed by atoms with Crippen molar-refractivity contribution in [2.45, 2.75) is 19.4 Å². The van der Waals surface area contributed by atoms with E-state index in [-0.39, 0.29) is 12.0 Å². The molecule has 0 bridgehead atoms. The highest BCUT2D eigenvalue weighted by Gasteiger charge is 2.37. The maximum absolute atomic E-state index is 9.36. The predicted molar refractivity (Wildman–Crippen MR) is 74.5 cm³/mol. The van der Waals surface area contributed by atoms with Gasteiger partial charge in [0.2, 0.25) is 0 Å². The Morgan fingerprint density at radius 2 is 2.05 bits per heavy atom. The molecule has 4 heteroatoms. The number of nitrogens with one attached hydrogen (secondary N) is 1. The van der Waals surface area contributed by atoms with Gasteiger partial charge in [0, 0.05) is 12.6 Å². The van der Waals surface area contributed by atoms with E-state index in [4.69, 9.17) is 9.47 Å². The number of aliphatic hydroxyl groups excluding tert-OH is 1. The minimum atomic E-state index is -0.0613. The largest absolute Gasteiger partial charge is 0.497 e. The smallest absolute Gasteiger partial charge is 0.118 e. The lowest BCUT2D eigenvalue weighted by molar-refractivity contribution is -0.135. The molecular formula is C15H23NO3. The number of hydrogen-bond acceptors (Lipinski definition) is 4. The fraction of sp³-hybridized carbons (Fsp3) is 0.600. The molecule has 1 atom stereocenters. The zero-order valence-electron chi connectivity index (χ0n) is 11.7. The zero-order valence-corrected chi connectivity index (χ0v) is 11.7. The number of methoxy groups -OCH3 is 1. The molecule has 1 heterocycles. The van der Waals surface area contributed by atoms with E-state index >= 15 is 0 Å². The number of aliphatic hydroxyl groups is 1. The summed E-state index contributed by atoms with van der Waals surface area (Å²) in [4.78, 5) is 0. The maximum atomic E-state index is 9.36. The SMILES string of the molecule is COc1ccc(CC(C)NCC2(CO)COC2)cc1. The molecule has 0 aliphatic carbocycles. The van der Waals surface area contributed by atoms with E-state index in [1.165, 1.54) is 5.56 Å². The number of ether oxygens (including phenoxy) is 2. The minimum absolute atomic E-state index is 0.0613. The molecule has 1 aliphatic rings. The van der Waals surface area contributed by atoms with Crippen molar-refractivity contribution >= 4 is 0 Å². The topological polar surface area (TPSA) is 50.7 Å². The third-order valence-corrected chi connectivity index (χ3v) is 3.68. The summed E-state index contributed by atoms with van der Waals surface area (Å²) in [6.45, 7) is 4.47. The van der Waals surface area contributed by atoms with Gasteiger partial charge in [0.1, 0.15) is 5.75 Å². The quantitative estimate of drug-likeness (QED) is 0.778. The molecular weight excluding hydrogens is 242 g/mol. The fourth-order valence-electron chi connectivity index (χ4n) is 2.22. The molecule has 0 aromatic heterocycles. The standard InChI is InChI=1S/C15H23NO3/c1-12(16-8-15(9-17)10-19-11-15)7-13-3-5-14(18-2)6-4-13/h3-6,12,16-17H,7-11H2,1-2H3.